The number of benzene rings is 1. The van der Waals surface area contributed by atoms with Crippen molar-refractivity contribution in [1.82, 2.24) is 0 Å². The summed E-state index contributed by atoms with van der Waals surface area (Å²) < 4.78 is 1.16. The number of halogens is 1. The van der Waals surface area contributed by atoms with E-state index in [-0.39, 0.29) is 0 Å². The number of aryl methyl sites for hydroxylation is 1. The summed E-state index contributed by atoms with van der Waals surface area (Å²) in [5.74, 6) is 0. The van der Waals surface area contributed by atoms with Gasteiger partial charge >= 0.3 is 0 Å². The van der Waals surface area contributed by atoms with E-state index >= 15 is 0 Å². The molecule has 1 N–H and O–H groups in total. The van der Waals surface area contributed by atoms with Crippen LogP contribution >= 0.6 is 15.9 Å². The quantitative estimate of drug-likeness (QED) is 0.467. The van der Waals surface area contributed by atoms with Crippen molar-refractivity contribution in [1.29, 1.82) is 0 Å². The highest BCUT2D eigenvalue weighted by atomic mass is 79.9. The van der Waals surface area contributed by atoms with Crippen LogP contribution in [-0.4, -0.2) is 6.04 Å². The second-order valence-electron chi connectivity index (χ2n) is 5.79. The first kappa shape index (κ1) is 17.6. The van der Waals surface area contributed by atoms with Crippen LogP contribution in [0.25, 0.3) is 0 Å². The molecule has 1 aromatic rings. The molecule has 114 valence electrons. The second-order valence-corrected chi connectivity index (χ2v) is 6.71. The summed E-state index contributed by atoms with van der Waals surface area (Å²) in [6, 6.07) is 7.13. The molecular formula is C18H30BrN. The van der Waals surface area contributed by atoms with E-state index in [0.29, 0.717) is 6.04 Å². The topological polar surface area (TPSA) is 12.0 Å². The highest BCUT2D eigenvalue weighted by molar-refractivity contribution is 9.10. The first-order chi connectivity index (χ1) is 9.67. The molecule has 0 aliphatic rings. The molecule has 0 aliphatic carbocycles. The fourth-order valence-corrected chi connectivity index (χ4v) is 2.90. The van der Waals surface area contributed by atoms with Crippen molar-refractivity contribution in [2.75, 3.05) is 5.32 Å². The van der Waals surface area contributed by atoms with Gasteiger partial charge in [-0.05, 0) is 37.5 Å². The van der Waals surface area contributed by atoms with Gasteiger partial charge in [0.2, 0.25) is 0 Å². The molecule has 0 aromatic heterocycles. The lowest BCUT2D eigenvalue weighted by Gasteiger charge is -2.21. The Kier molecular flexibility index (Phi) is 9.00. The third-order valence-corrected chi connectivity index (χ3v) is 4.36. The molecule has 1 nitrogen and oxygen atoms in total. The molecule has 1 rings (SSSR count). The van der Waals surface area contributed by atoms with E-state index in [1.54, 1.807) is 0 Å². The summed E-state index contributed by atoms with van der Waals surface area (Å²) in [5.41, 5.74) is 2.63. The van der Waals surface area contributed by atoms with E-state index < -0.39 is 0 Å². The Morgan fingerprint density at radius 1 is 1.00 bits per heavy atom. The van der Waals surface area contributed by atoms with Crippen LogP contribution in [0.4, 0.5) is 5.69 Å². The van der Waals surface area contributed by atoms with E-state index in [2.05, 4.69) is 60.2 Å². The van der Waals surface area contributed by atoms with Gasteiger partial charge in [0.05, 0.1) is 0 Å². The third kappa shape index (κ3) is 6.78. The van der Waals surface area contributed by atoms with Crippen molar-refractivity contribution in [2.24, 2.45) is 0 Å². The first-order valence-corrected chi connectivity index (χ1v) is 8.99. The third-order valence-electron chi connectivity index (χ3n) is 3.87. The normalized spacial score (nSPS) is 11.1. The van der Waals surface area contributed by atoms with Crippen LogP contribution in [0.15, 0.2) is 22.7 Å². The Morgan fingerprint density at radius 3 is 2.15 bits per heavy atom. The van der Waals surface area contributed by atoms with Crippen molar-refractivity contribution in [2.45, 2.75) is 78.2 Å². The van der Waals surface area contributed by atoms with Gasteiger partial charge in [0.15, 0.2) is 0 Å². The Labute approximate surface area is 133 Å². The van der Waals surface area contributed by atoms with Gasteiger partial charge in [-0.15, -0.1) is 0 Å². The van der Waals surface area contributed by atoms with Crippen LogP contribution in [0.3, 0.4) is 0 Å². The fourth-order valence-electron chi connectivity index (χ4n) is 2.54. The minimum Gasteiger partial charge on any atom is -0.382 e. The fraction of sp³-hybridized carbons (Fsp3) is 0.667. The minimum absolute atomic E-state index is 0.626. The van der Waals surface area contributed by atoms with Gasteiger partial charge in [-0.3, -0.25) is 0 Å². The maximum atomic E-state index is 3.78. The van der Waals surface area contributed by atoms with Gasteiger partial charge in [0, 0.05) is 16.2 Å². The van der Waals surface area contributed by atoms with Crippen molar-refractivity contribution in [3.8, 4) is 0 Å². The minimum atomic E-state index is 0.626. The maximum Gasteiger partial charge on any atom is 0.0383 e. The largest absolute Gasteiger partial charge is 0.382 e. The van der Waals surface area contributed by atoms with E-state index in [9.17, 15) is 0 Å². The van der Waals surface area contributed by atoms with Gasteiger partial charge in [-0.25, -0.2) is 0 Å². The molecule has 0 heterocycles. The summed E-state index contributed by atoms with van der Waals surface area (Å²) in [5, 5.41) is 3.78. The molecule has 0 unspecified atom stereocenters. The van der Waals surface area contributed by atoms with Crippen molar-refractivity contribution < 1.29 is 0 Å². The van der Waals surface area contributed by atoms with Crippen molar-refractivity contribution in [3.05, 3.63) is 28.2 Å². The molecule has 0 spiro atoms. The van der Waals surface area contributed by atoms with Gasteiger partial charge in [0.25, 0.3) is 0 Å². The molecule has 0 radical (unpaired) electrons. The summed E-state index contributed by atoms with van der Waals surface area (Å²) in [6.07, 6.45) is 10.6. The van der Waals surface area contributed by atoms with Crippen LogP contribution in [0, 0.1) is 6.92 Å². The molecule has 0 aliphatic heterocycles. The van der Waals surface area contributed by atoms with Crippen molar-refractivity contribution >= 4 is 21.6 Å². The van der Waals surface area contributed by atoms with Gasteiger partial charge in [0.1, 0.15) is 0 Å². The Balaban J connectivity index is 2.58. The monoisotopic (exact) mass is 339 g/mol. The average Bonchev–Trinajstić information content (AvgIpc) is 2.43. The number of hydrogen-bond acceptors (Lipinski definition) is 1. The van der Waals surface area contributed by atoms with Crippen molar-refractivity contribution in [3.63, 3.8) is 0 Å². The van der Waals surface area contributed by atoms with Crippen LogP contribution in [-0.2, 0) is 0 Å². The molecule has 2 heteroatoms. The Morgan fingerprint density at radius 2 is 1.60 bits per heavy atom. The zero-order valence-electron chi connectivity index (χ0n) is 13.3. The van der Waals surface area contributed by atoms with Gasteiger partial charge in [-0.2, -0.15) is 0 Å². The lowest BCUT2D eigenvalue weighted by Crippen LogP contribution is -2.20. The van der Waals surface area contributed by atoms with E-state index in [0.717, 1.165) is 4.47 Å². The summed E-state index contributed by atoms with van der Waals surface area (Å²) in [6.45, 7) is 6.74. The Bertz CT molecular complexity index is 366. The van der Waals surface area contributed by atoms with Gasteiger partial charge in [-0.1, -0.05) is 74.4 Å². The van der Waals surface area contributed by atoms with Crippen LogP contribution < -0.4 is 5.32 Å². The average molecular weight is 340 g/mol. The van der Waals surface area contributed by atoms with E-state index in [1.165, 1.54) is 62.6 Å². The maximum absolute atomic E-state index is 3.78. The standard InChI is InChI=1S/C18H30BrN/c1-4-6-8-10-17(11-9-7-5-2)20-18-14-16(19)13-12-15(18)3/h12-14,17,20H,4-11H2,1-3H3. The predicted octanol–water partition coefficient (Wildman–Crippen LogP) is 6.70. The highest BCUT2D eigenvalue weighted by Gasteiger charge is 2.09. The number of anilines is 1. The molecule has 0 saturated heterocycles. The first-order valence-electron chi connectivity index (χ1n) is 8.20. The van der Waals surface area contributed by atoms with Crippen LogP contribution in [0.5, 0.6) is 0 Å². The molecule has 0 fully saturated rings. The zero-order chi connectivity index (χ0) is 14.8. The molecule has 1 aromatic carbocycles. The Hall–Kier alpha value is -0.500. The molecule has 0 saturated carbocycles. The summed E-state index contributed by atoms with van der Waals surface area (Å²) >= 11 is 3.57. The number of rotatable bonds is 10. The number of hydrogen-bond donors (Lipinski definition) is 1. The lowest BCUT2D eigenvalue weighted by atomic mass is 10.0. The number of unbranched alkanes of at least 4 members (excludes halogenated alkanes) is 4. The van der Waals surface area contributed by atoms with E-state index in [1.807, 2.05) is 0 Å². The van der Waals surface area contributed by atoms with Crippen LogP contribution in [0.1, 0.15) is 70.8 Å². The number of nitrogens with one attached hydrogen (secondary N) is 1. The summed E-state index contributed by atoms with van der Waals surface area (Å²) in [4.78, 5) is 0. The molecule has 20 heavy (non-hydrogen) atoms. The van der Waals surface area contributed by atoms with Gasteiger partial charge < -0.3 is 5.32 Å². The van der Waals surface area contributed by atoms with E-state index in [4.69, 9.17) is 0 Å². The zero-order valence-corrected chi connectivity index (χ0v) is 14.9. The molecule has 0 atom stereocenters. The molecular weight excluding hydrogens is 310 g/mol. The summed E-state index contributed by atoms with van der Waals surface area (Å²) in [7, 11) is 0. The molecule has 0 amide bonds. The smallest absolute Gasteiger partial charge is 0.0383 e. The predicted molar refractivity (Wildman–Crippen MR) is 94.6 cm³/mol. The highest BCUT2D eigenvalue weighted by Crippen LogP contribution is 2.24. The second kappa shape index (κ2) is 10.3. The lowest BCUT2D eigenvalue weighted by molar-refractivity contribution is 0.526. The van der Waals surface area contributed by atoms with Crippen LogP contribution in [0.2, 0.25) is 0 Å². The molecule has 0 bridgehead atoms. The SMILES string of the molecule is CCCCCC(CCCCC)Nc1cc(Br)ccc1C.